The number of fused-ring (bicyclic) bond motifs is 16. The Morgan fingerprint density at radius 2 is 1.54 bits per heavy atom. The molecule has 192 valence electrons. The minimum atomic E-state index is -0.621. The molecule has 35 heavy (non-hydrogen) atoms. The van der Waals surface area contributed by atoms with Crippen LogP contribution in [0.15, 0.2) is 12.2 Å². The van der Waals surface area contributed by atoms with Crippen LogP contribution in [0.5, 0.6) is 0 Å². The Kier molecular flexibility index (Phi) is 5.15. The quantitative estimate of drug-likeness (QED) is 0.304. The highest BCUT2D eigenvalue weighted by Crippen LogP contribution is 2.76. The fourth-order valence-corrected chi connectivity index (χ4v) is 10.4. The van der Waals surface area contributed by atoms with Crippen LogP contribution < -0.4 is 0 Å². The Morgan fingerprint density at radius 1 is 0.857 bits per heavy atom. The Hall–Kier alpha value is -1.56. The average molecular weight is 485 g/mol. The molecule has 1 heterocycles. The van der Waals surface area contributed by atoms with Crippen molar-refractivity contribution in [3.63, 3.8) is 0 Å². The summed E-state index contributed by atoms with van der Waals surface area (Å²) >= 11 is 0. The Morgan fingerprint density at radius 3 is 2.20 bits per heavy atom. The minimum absolute atomic E-state index is 0.0304. The van der Waals surface area contributed by atoms with Gasteiger partial charge in [0.15, 0.2) is 0 Å². The Balaban J connectivity index is 1.12. The van der Waals surface area contributed by atoms with Crippen LogP contribution in [0.4, 0.5) is 4.79 Å². The summed E-state index contributed by atoms with van der Waals surface area (Å²) in [6, 6.07) is 0. The van der Waals surface area contributed by atoms with Gasteiger partial charge < -0.3 is 18.9 Å². The van der Waals surface area contributed by atoms with Crippen molar-refractivity contribution in [1.82, 2.24) is 0 Å². The third kappa shape index (κ3) is 3.52. The van der Waals surface area contributed by atoms with Gasteiger partial charge >= 0.3 is 12.1 Å². The molecule has 13 unspecified atom stereocenters. The normalized spacial score (nSPS) is 50.3. The predicted molar refractivity (Wildman–Crippen MR) is 127 cm³/mol. The topological polar surface area (TPSA) is 71.1 Å². The van der Waals surface area contributed by atoms with Gasteiger partial charge in [0.05, 0.1) is 13.0 Å². The molecule has 1 aliphatic heterocycles. The number of hydrogen-bond donors (Lipinski definition) is 0. The highest BCUT2D eigenvalue weighted by atomic mass is 16.8. The fraction of sp³-hybridized carbons (Fsp3) is 0.862. The maximum atomic E-state index is 13.0. The first-order valence-electron chi connectivity index (χ1n) is 14.2. The second kappa shape index (κ2) is 7.97. The predicted octanol–water partition coefficient (Wildman–Crippen LogP) is 5.35. The van der Waals surface area contributed by atoms with Crippen molar-refractivity contribution in [1.29, 1.82) is 0 Å². The lowest BCUT2D eigenvalue weighted by atomic mass is 9.58. The van der Waals surface area contributed by atoms with Crippen LogP contribution >= 0.6 is 0 Å². The Bertz CT molecular complexity index is 915. The van der Waals surface area contributed by atoms with Gasteiger partial charge in [-0.1, -0.05) is 12.2 Å². The highest BCUT2D eigenvalue weighted by molar-refractivity contribution is 5.70. The molecule has 6 aliphatic carbocycles. The molecule has 0 spiro atoms. The van der Waals surface area contributed by atoms with E-state index in [1.807, 2.05) is 20.8 Å². The first-order chi connectivity index (χ1) is 16.8. The van der Waals surface area contributed by atoms with E-state index in [9.17, 15) is 9.59 Å². The zero-order chi connectivity index (χ0) is 24.1. The lowest BCUT2D eigenvalue weighted by Crippen LogP contribution is -2.48. The van der Waals surface area contributed by atoms with Crippen molar-refractivity contribution in [3.05, 3.63) is 12.2 Å². The maximum absolute atomic E-state index is 13.0. The van der Waals surface area contributed by atoms with Gasteiger partial charge in [0.25, 0.3) is 0 Å². The van der Waals surface area contributed by atoms with E-state index in [4.69, 9.17) is 18.9 Å². The van der Waals surface area contributed by atoms with E-state index < -0.39 is 18.0 Å². The van der Waals surface area contributed by atoms with Crippen molar-refractivity contribution >= 4 is 12.1 Å². The molecular weight excluding hydrogens is 444 g/mol. The first-order valence-corrected chi connectivity index (χ1v) is 14.2. The summed E-state index contributed by atoms with van der Waals surface area (Å²) in [6.45, 7) is 6.36. The van der Waals surface area contributed by atoms with Gasteiger partial charge in [-0.05, 0) is 106 Å². The minimum Gasteiger partial charge on any atom is -0.460 e. The summed E-state index contributed by atoms with van der Waals surface area (Å²) in [5, 5.41) is 0. The van der Waals surface area contributed by atoms with Gasteiger partial charge in [-0.2, -0.15) is 0 Å². The largest absolute Gasteiger partial charge is 0.510 e. The van der Waals surface area contributed by atoms with Crippen molar-refractivity contribution in [3.8, 4) is 0 Å². The van der Waals surface area contributed by atoms with Gasteiger partial charge in [0.1, 0.15) is 11.7 Å². The van der Waals surface area contributed by atoms with Gasteiger partial charge in [-0.25, -0.2) is 4.79 Å². The molecule has 5 saturated carbocycles. The van der Waals surface area contributed by atoms with E-state index in [0.29, 0.717) is 36.7 Å². The molecule has 1 saturated heterocycles. The molecule has 7 rings (SSSR count). The molecule has 0 aromatic heterocycles. The van der Waals surface area contributed by atoms with E-state index in [2.05, 4.69) is 12.2 Å². The van der Waals surface area contributed by atoms with Crippen molar-refractivity contribution in [2.24, 2.45) is 65.1 Å². The van der Waals surface area contributed by atoms with Gasteiger partial charge in [0, 0.05) is 18.3 Å². The van der Waals surface area contributed by atoms with Gasteiger partial charge in [-0.3, -0.25) is 4.79 Å². The summed E-state index contributed by atoms with van der Waals surface area (Å²) < 4.78 is 23.0. The summed E-state index contributed by atoms with van der Waals surface area (Å²) in [6.07, 6.45) is 10.5. The standard InChI is InChI=1S/C29H40O6/c1-29(2,3)35-21(30)13-17-16-11-20(27(17)34-28(31)33-22-6-4-5-9-32-22)26-19-12-18(25(16)26)23-14-7-8-15(10-14)24(19)23/h7-8,14-20,22-27H,4-6,9-13H2,1-3H3. The molecule has 0 radical (unpaired) electrons. The zero-order valence-electron chi connectivity index (χ0n) is 21.3. The van der Waals surface area contributed by atoms with Gasteiger partial charge in [-0.15, -0.1) is 0 Å². The molecule has 6 fully saturated rings. The number of allylic oxidation sites excluding steroid dienone is 2. The van der Waals surface area contributed by atoms with Crippen LogP contribution in [0, 0.1) is 65.1 Å². The second-order valence-corrected chi connectivity index (χ2v) is 13.6. The van der Waals surface area contributed by atoms with Gasteiger partial charge in [0.2, 0.25) is 6.29 Å². The van der Waals surface area contributed by atoms with Crippen molar-refractivity contribution in [2.75, 3.05) is 6.61 Å². The molecule has 0 aromatic rings. The van der Waals surface area contributed by atoms with Crippen molar-refractivity contribution in [2.45, 2.75) is 83.7 Å². The van der Waals surface area contributed by atoms with Crippen molar-refractivity contribution < 1.29 is 28.5 Å². The molecule has 6 heteroatoms. The van der Waals surface area contributed by atoms with Crippen LogP contribution in [0.25, 0.3) is 0 Å². The summed E-state index contributed by atoms with van der Waals surface area (Å²) in [5.41, 5.74) is -0.514. The monoisotopic (exact) mass is 484 g/mol. The lowest BCUT2D eigenvalue weighted by Gasteiger charge is -2.47. The molecule has 6 bridgehead atoms. The molecule has 0 N–H and O–H groups in total. The maximum Gasteiger partial charge on any atom is 0.510 e. The van der Waals surface area contributed by atoms with E-state index in [0.717, 1.165) is 61.2 Å². The van der Waals surface area contributed by atoms with E-state index in [1.54, 1.807) is 0 Å². The number of carbonyl (C=O) groups excluding carboxylic acids is 2. The summed E-state index contributed by atoms with van der Waals surface area (Å²) in [4.78, 5) is 25.8. The molecule has 0 amide bonds. The van der Waals surface area contributed by atoms with E-state index in [-0.39, 0.29) is 18.0 Å². The first kappa shape index (κ1) is 22.6. The fourth-order valence-electron chi connectivity index (χ4n) is 10.4. The van der Waals surface area contributed by atoms with Crippen LogP contribution in [-0.2, 0) is 23.7 Å². The number of rotatable bonds is 4. The second-order valence-electron chi connectivity index (χ2n) is 13.6. The zero-order valence-corrected chi connectivity index (χ0v) is 21.3. The SMILES string of the molecule is CC(C)(C)OC(=O)CC1C2CC(C1OC(=O)OC1CCCCO1)C1C3CC(C4C5C=CC(C5)C34)C21. The summed E-state index contributed by atoms with van der Waals surface area (Å²) in [7, 11) is 0. The average Bonchev–Trinajstić information content (AvgIpc) is 3.60. The van der Waals surface area contributed by atoms with Crippen LogP contribution in [0.1, 0.15) is 65.7 Å². The Labute approximate surface area is 208 Å². The van der Waals surface area contributed by atoms with E-state index in [1.165, 1.54) is 12.8 Å². The number of carbonyl (C=O) groups is 2. The van der Waals surface area contributed by atoms with Crippen LogP contribution in [0.2, 0.25) is 0 Å². The lowest BCUT2D eigenvalue weighted by molar-refractivity contribution is -0.165. The molecule has 13 atom stereocenters. The molecular formula is C29H40O6. The third-order valence-electron chi connectivity index (χ3n) is 10.9. The van der Waals surface area contributed by atoms with E-state index >= 15 is 0 Å². The number of esters is 1. The number of hydrogen-bond acceptors (Lipinski definition) is 6. The molecule has 6 nitrogen and oxygen atoms in total. The van der Waals surface area contributed by atoms with Crippen LogP contribution in [-0.4, -0.2) is 36.7 Å². The smallest absolute Gasteiger partial charge is 0.460 e. The molecule has 0 aromatic carbocycles. The number of ether oxygens (including phenoxy) is 4. The molecule has 7 aliphatic rings. The highest BCUT2D eigenvalue weighted by Gasteiger charge is 2.73. The third-order valence-corrected chi connectivity index (χ3v) is 10.9. The summed E-state index contributed by atoms with van der Waals surface area (Å²) in [5.74, 6) is 6.75. The van der Waals surface area contributed by atoms with Crippen LogP contribution in [0.3, 0.4) is 0 Å².